The molecule has 0 saturated heterocycles. The van der Waals surface area contributed by atoms with Gasteiger partial charge >= 0.3 is 0 Å². The van der Waals surface area contributed by atoms with Crippen molar-refractivity contribution in [2.24, 2.45) is 5.10 Å². The molecule has 0 spiro atoms. The standard InChI is InChI=1S/C31H27Cl2N7O2/c1-2-41-28-17-21(13-16-27(28)42-20-22-14-15-23(32)18-26(22)33)19-34-40-31-38-29(35-24-9-5-3-6-10-24)37-30(39-31)36-25-11-7-4-8-12-25/h3-19H,2,20H2,1H3,(H3,35,36,37,38,39,40)/b34-19-. The van der Waals surface area contributed by atoms with Gasteiger partial charge in [-0.15, -0.1) is 0 Å². The maximum Gasteiger partial charge on any atom is 0.250 e. The molecule has 1 aromatic heterocycles. The van der Waals surface area contributed by atoms with Crippen molar-refractivity contribution in [1.82, 2.24) is 15.0 Å². The number of anilines is 5. The van der Waals surface area contributed by atoms with Gasteiger partial charge < -0.3 is 20.1 Å². The van der Waals surface area contributed by atoms with Crippen molar-refractivity contribution in [1.29, 1.82) is 0 Å². The van der Waals surface area contributed by atoms with E-state index in [0.717, 1.165) is 22.5 Å². The molecule has 3 N–H and O–H groups in total. The van der Waals surface area contributed by atoms with Gasteiger partial charge in [0.25, 0.3) is 0 Å². The monoisotopic (exact) mass is 599 g/mol. The van der Waals surface area contributed by atoms with Crippen LogP contribution in [0.5, 0.6) is 11.5 Å². The first-order chi connectivity index (χ1) is 20.6. The lowest BCUT2D eigenvalue weighted by molar-refractivity contribution is 0.269. The Morgan fingerprint density at radius 1 is 0.714 bits per heavy atom. The quantitative estimate of drug-likeness (QED) is 0.0975. The fraction of sp³-hybridized carbons (Fsp3) is 0.0968. The van der Waals surface area contributed by atoms with Gasteiger partial charge in [-0.1, -0.05) is 65.7 Å². The molecule has 0 atom stereocenters. The fourth-order valence-corrected chi connectivity index (χ4v) is 4.25. The molecule has 0 bridgehead atoms. The highest BCUT2D eigenvalue weighted by Gasteiger charge is 2.10. The van der Waals surface area contributed by atoms with Crippen LogP contribution in [-0.4, -0.2) is 27.8 Å². The lowest BCUT2D eigenvalue weighted by Gasteiger charge is -2.13. The summed E-state index contributed by atoms with van der Waals surface area (Å²) in [6.07, 6.45) is 1.64. The molecule has 11 heteroatoms. The number of halogens is 2. The Morgan fingerprint density at radius 2 is 1.36 bits per heavy atom. The Hall–Kier alpha value is -4.86. The molecule has 212 valence electrons. The third kappa shape index (κ3) is 8.09. The average molecular weight is 601 g/mol. The van der Waals surface area contributed by atoms with Crippen molar-refractivity contribution in [3.8, 4) is 11.5 Å². The molecule has 0 aliphatic rings. The molecule has 0 aliphatic heterocycles. The third-order valence-electron chi connectivity index (χ3n) is 5.74. The van der Waals surface area contributed by atoms with E-state index in [-0.39, 0.29) is 12.6 Å². The van der Waals surface area contributed by atoms with Gasteiger partial charge in [-0.3, -0.25) is 0 Å². The summed E-state index contributed by atoms with van der Waals surface area (Å²) >= 11 is 12.3. The van der Waals surface area contributed by atoms with Crippen molar-refractivity contribution in [2.75, 3.05) is 22.7 Å². The number of hydrazone groups is 1. The Labute approximate surface area is 253 Å². The van der Waals surface area contributed by atoms with Crippen LogP contribution in [0.1, 0.15) is 18.1 Å². The fourth-order valence-electron chi connectivity index (χ4n) is 3.79. The normalized spacial score (nSPS) is 10.8. The second-order valence-corrected chi connectivity index (χ2v) is 9.67. The van der Waals surface area contributed by atoms with Gasteiger partial charge in [-0.25, -0.2) is 5.43 Å². The summed E-state index contributed by atoms with van der Waals surface area (Å²) < 4.78 is 11.8. The summed E-state index contributed by atoms with van der Waals surface area (Å²) in [7, 11) is 0. The van der Waals surface area contributed by atoms with Gasteiger partial charge in [0.1, 0.15) is 6.61 Å². The van der Waals surface area contributed by atoms with E-state index in [9.17, 15) is 0 Å². The Balaban J connectivity index is 1.31. The minimum Gasteiger partial charge on any atom is -0.490 e. The molecule has 5 rings (SSSR count). The van der Waals surface area contributed by atoms with Gasteiger partial charge in [0, 0.05) is 27.0 Å². The summed E-state index contributed by atoms with van der Waals surface area (Å²) in [6, 6.07) is 30.1. The summed E-state index contributed by atoms with van der Waals surface area (Å²) in [4.78, 5) is 13.4. The maximum atomic E-state index is 6.29. The first kappa shape index (κ1) is 28.7. The second-order valence-electron chi connectivity index (χ2n) is 8.82. The zero-order valence-corrected chi connectivity index (χ0v) is 24.1. The number of ether oxygens (including phenoxy) is 2. The van der Waals surface area contributed by atoms with Crippen LogP contribution in [0.3, 0.4) is 0 Å². The molecule has 0 amide bonds. The van der Waals surface area contributed by atoms with Crippen LogP contribution in [-0.2, 0) is 6.61 Å². The summed E-state index contributed by atoms with van der Waals surface area (Å²) in [5, 5.41) is 11.8. The van der Waals surface area contributed by atoms with E-state index in [4.69, 9.17) is 32.7 Å². The van der Waals surface area contributed by atoms with Crippen molar-refractivity contribution in [2.45, 2.75) is 13.5 Å². The van der Waals surface area contributed by atoms with E-state index in [1.807, 2.05) is 91.9 Å². The number of hydrogen-bond acceptors (Lipinski definition) is 9. The van der Waals surface area contributed by atoms with E-state index in [1.54, 1.807) is 18.3 Å². The molecule has 9 nitrogen and oxygen atoms in total. The van der Waals surface area contributed by atoms with Crippen molar-refractivity contribution >= 4 is 58.6 Å². The largest absolute Gasteiger partial charge is 0.490 e. The third-order valence-corrected chi connectivity index (χ3v) is 6.33. The van der Waals surface area contributed by atoms with E-state index in [1.165, 1.54) is 0 Å². The topological polar surface area (TPSA) is 106 Å². The number of nitrogens with one attached hydrogen (secondary N) is 3. The van der Waals surface area contributed by atoms with Gasteiger partial charge in [-0.2, -0.15) is 20.1 Å². The smallest absolute Gasteiger partial charge is 0.250 e. The molecule has 0 radical (unpaired) electrons. The van der Waals surface area contributed by atoms with Crippen LogP contribution >= 0.6 is 23.2 Å². The van der Waals surface area contributed by atoms with Crippen LogP contribution in [0.4, 0.5) is 29.2 Å². The first-order valence-corrected chi connectivity index (χ1v) is 13.8. The number of para-hydroxylation sites is 2. The van der Waals surface area contributed by atoms with E-state index < -0.39 is 0 Å². The molecular weight excluding hydrogens is 573 g/mol. The highest BCUT2D eigenvalue weighted by Crippen LogP contribution is 2.30. The molecule has 0 aliphatic carbocycles. The van der Waals surface area contributed by atoms with Crippen LogP contribution in [0.25, 0.3) is 0 Å². The lowest BCUT2D eigenvalue weighted by atomic mass is 10.2. The molecule has 1 heterocycles. The molecule has 0 fully saturated rings. The molecule has 0 unspecified atom stereocenters. The van der Waals surface area contributed by atoms with Crippen molar-refractivity contribution in [3.63, 3.8) is 0 Å². The minimum atomic E-state index is 0.253. The molecule has 0 saturated carbocycles. The molecular formula is C31H27Cl2N7O2. The van der Waals surface area contributed by atoms with Crippen molar-refractivity contribution in [3.05, 3.63) is 118 Å². The van der Waals surface area contributed by atoms with E-state index in [0.29, 0.717) is 40.0 Å². The summed E-state index contributed by atoms with van der Waals surface area (Å²) in [5.41, 5.74) is 6.18. The van der Waals surface area contributed by atoms with E-state index >= 15 is 0 Å². The zero-order valence-electron chi connectivity index (χ0n) is 22.6. The molecule has 5 aromatic rings. The molecule has 4 aromatic carbocycles. The highest BCUT2D eigenvalue weighted by molar-refractivity contribution is 6.35. The number of hydrogen-bond donors (Lipinski definition) is 3. The average Bonchev–Trinajstić information content (AvgIpc) is 2.99. The lowest BCUT2D eigenvalue weighted by Crippen LogP contribution is -2.07. The van der Waals surface area contributed by atoms with Crippen LogP contribution < -0.4 is 25.5 Å². The van der Waals surface area contributed by atoms with E-state index in [2.05, 4.69) is 36.1 Å². The SMILES string of the molecule is CCOc1cc(/C=N\Nc2nc(Nc3ccccc3)nc(Nc3ccccc3)n2)ccc1OCc1ccc(Cl)cc1Cl. The van der Waals surface area contributed by atoms with Gasteiger partial charge in [0.05, 0.1) is 12.8 Å². The number of benzene rings is 4. The Kier molecular flexibility index (Phi) is 9.66. The highest BCUT2D eigenvalue weighted by atomic mass is 35.5. The number of nitrogens with zero attached hydrogens (tertiary/aromatic N) is 4. The predicted molar refractivity (Wildman–Crippen MR) is 169 cm³/mol. The van der Waals surface area contributed by atoms with Gasteiger partial charge in [0.15, 0.2) is 11.5 Å². The number of aromatic nitrogens is 3. The Bertz CT molecular complexity index is 1600. The molecule has 42 heavy (non-hydrogen) atoms. The van der Waals surface area contributed by atoms with Crippen LogP contribution in [0.15, 0.2) is 102 Å². The minimum absolute atomic E-state index is 0.253. The number of rotatable bonds is 12. The van der Waals surface area contributed by atoms with Gasteiger partial charge in [0.2, 0.25) is 17.8 Å². The van der Waals surface area contributed by atoms with Crippen LogP contribution in [0.2, 0.25) is 10.0 Å². The summed E-state index contributed by atoms with van der Waals surface area (Å²) in [5.74, 6) is 2.12. The van der Waals surface area contributed by atoms with Gasteiger partial charge in [-0.05, 0) is 67.1 Å². The zero-order chi connectivity index (χ0) is 29.1. The maximum absolute atomic E-state index is 6.29. The predicted octanol–water partition coefficient (Wildman–Crippen LogP) is 8.09. The van der Waals surface area contributed by atoms with Crippen LogP contribution in [0, 0.1) is 0 Å². The first-order valence-electron chi connectivity index (χ1n) is 13.1. The Morgan fingerprint density at radius 3 is 1.98 bits per heavy atom. The second kappa shape index (κ2) is 14.2. The van der Waals surface area contributed by atoms with Crippen molar-refractivity contribution < 1.29 is 9.47 Å². The summed E-state index contributed by atoms with van der Waals surface area (Å²) in [6.45, 7) is 2.64.